The number of nitrogens with zero attached hydrogens (tertiary/aromatic N) is 3. The topological polar surface area (TPSA) is 275 Å². The van der Waals surface area contributed by atoms with Gasteiger partial charge in [0.1, 0.15) is 24.2 Å². The SMILES string of the molecule is CC(=O)N[C@@H](Cc1cnc[nH]1)C(=O)N[C@H](C(=O)N[C@@H](Cc1cnc[nH]1)C(=O)NCC(=O)N[C@@H](Cc1cnc[nH]1)C(N)=O)C(C)C. The summed E-state index contributed by atoms with van der Waals surface area (Å²) in [6.07, 6.45) is 8.89. The Hall–Kier alpha value is -5.55. The smallest absolute Gasteiger partial charge is 0.243 e. The lowest BCUT2D eigenvalue weighted by Crippen LogP contribution is -2.59. The van der Waals surface area contributed by atoms with Gasteiger partial charge in [-0.2, -0.15) is 0 Å². The van der Waals surface area contributed by atoms with Crippen molar-refractivity contribution in [2.24, 2.45) is 11.7 Å². The van der Waals surface area contributed by atoms with E-state index in [1.165, 1.54) is 44.5 Å². The number of carbonyl (C=O) groups is 6. The van der Waals surface area contributed by atoms with E-state index in [9.17, 15) is 28.8 Å². The minimum Gasteiger partial charge on any atom is -0.368 e. The van der Waals surface area contributed by atoms with Gasteiger partial charge >= 0.3 is 0 Å². The van der Waals surface area contributed by atoms with Crippen molar-refractivity contribution in [2.75, 3.05) is 6.54 Å². The Morgan fingerprint density at radius 1 is 0.689 bits per heavy atom. The number of rotatable bonds is 17. The summed E-state index contributed by atoms with van der Waals surface area (Å²) in [5, 5.41) is 12.8. The maximum Gasteiger partial charge on any atom is 0.243 e. The fourth-order valence-corrected chi connectivity index (χ4v) is 4.32. The van der Waals surface area contributed by atoms with E-state index in [0.29, 0.717) is 17.1 Å². The van der Waals surface area contributed by atoms with Gasteiger partial charge < -0.3 is 47.3 Å². The number of hydrogen-bond donors (Lipinski definition) is 9. The predicted octanol–water partition coefficient (Wildman–Crippen LogP) is -2.90. The molecule has 3 rings (SSSR count). The molecule has 0 fully saturated rings. The Balaban J connectivity index is 1.66. The Morgan fingerprint density at radius 2 is 1.18 bits per heavy atom. The minimum atomic E-state index is -1.18. The van der Waals surface area contributed by atoms with Crippen molar-refractivity contribution in [2.45, 2.75) is 64.2 Å². The first-order valence-corrected chi connectivity index (χ1v) is 14.1. The zero-order valence-electron chi connectivity index (χ0n) is 25.0. The van der Waals surface area contributed by atoms with Crippen LogP contribution in [0.1, 0.15) is 37.9 Å². The maximum atomic E-state index is 13.5. The van der Waals surface area contributed by atoms with Gasteiger partial charge in [0.15, 0.2) is 0 Å². The maximum absolute atomic E-state index is 13.5. The molecule has 3 heterocycles. The number of nitrogens with two attached hydrogens (primary N) is 1. The highest BCUT2D eigenvalue weighted by Gasteiger charge is 2.32. The number of amides is 6. The summed E-state index contributed by atoms with van der Waals surface area (Å²) in [5.74, 6) is -4.31. The molecule has 3 aromatic heterocycles. The first kappa shape index (κ1) is 33.9. The molecule has 0 aliphatic carbocycles. The lowest BCUT2D eigenvalue weighted by molar-refractivity contribution is -0.134. The predicted molar refractivity (Wildman–Crippen MR) is 157 cm³/mol. The normalized spacial score (nSPS) is 13.6. The second kappa shape index (κ2) is 16.3. The van der Waals surface area contributed by atoms with Crippen LogP contribution in [-0.2, 0) is 48.0 Å². The van der Waals surface area contributed by atoms with E-state index in [0.717, 1.165) is 0 Å². The van der Waals surface area contributed by atoms with Crippen LogP contribution in [-0.4, -0.2) is 96.1 Å². The van der Waals surface area contributed by atoms with Crippen LogP contribution in [0.25, 0.3) is 0 Å². The highest BCUT2D eigenvalue weighted by Crippen LogP contribution is 2.07. The summed E-state index contributed by atoms with van der Waals surface area (Å²) in [7, 11) is 0. The van der Waals surface area contributed by atoms with E-state index >= 15 is 0 Å². The summed E-state index contributed by atoms with van der Waals surface area (Å²) < 4.78 is 0. The molecule has 0 saturated heterocycles. The van der Waals surface area contributed by atoms with E-state index in [1.807, 2.05) is 0 Å². The van der Waals surface area contributed by atoms with Crippen LogP contribution in [0, 0.1) is 5.92 Å². The van der Waals surface area contributed by atoms with Gasteiger partial charge in [0.05, 0.1) is 25.5 Å². The lowest BCUT2D eigenvalue weighted by atomic mass is 10.0. The van der Waals surface area contributed by atoms with E-state index in [4.69, 9.17) is 5.73 Å². The van der Waals surface area contributed by atoms with Gasteiger partial charge in [-0.15, -0.1) is 0 Å². The zero-order valence-corrected chi connectivity index (χ0v) is 25.0. The van der Waals surface area contributed by atoms with Crippen LogP contribution in [0.2, 0.25) is 0 Å². The number of H-pyrrole nitrogens is 3. The van der Waals surface area contributed by atoms with Crippen molar-refractivity contribution in [3.05, 3.63) is 54.7 Å². The van der Waals surface area contributed by atoms with Gasteiger partial charge in [0.25, 0.3) is 0 Å². The van der Waals surface area contributed by atoms with Gasteiger partial charge in [-0.1, -0.05) is 13.8 Å². The second-order valence-corrected chi connectivity index (χ2v) is 10.6. The fourth-order valence-electron chi connectivity index (χ4n) is 4.32. The van der Waals surface area contributed by atoms with Gasteiger partial charge in [-0.25, -0.2) is 15.0 Å². The molecule has 18 heteroatoms. The Bertz CT molecular complexity index is 1420. The molecule has 0 unspecified atom stereocenters. The Kier molecular flexibility index (Phi) is 12.3. The lowest BCUT2D eigenvalue weighted by Gasteiger charge is -2.27. The largest absolute Gasteiger partial charge is 0.368 e. The molecule has 45 heavy (non-hydrogen) atoms. The molecule has 6 amide bonds. The van der Waals surface area contributed by atoms with Crippen molar-refractivity contribution >= 4 is 35.4 Å². The van der Waals surface area contributed by atoms with Crippen molar-refractivity contribution in [3.63, 3.8) is 0 Å². The van der Waals surface area contributed by atoms with Crippen molar-refractivity contribution in [3.8, 4) is 0 Å². The van der Waals surface area contributed by atoms with E-state index in [-0.39, 0.29) is 19.3 Å². The van der Waals surface area contributed by atoms with Gasteiger partial charge in [-0.05, 0) is 5.92 Å². The number of carbonyl (C=O) groups excluding carboxylic acids is 6. The number of primary amides is 1. The van der Waals surface area contributed by atoms with Crippen molar-refractivity contribution in [1.82, 2.24) is 56.5 Å². The Labute approximate surface area is 257 Å². The van der Waals surface area contributed by atoms with Crippen LogP contribution >= 0.6 is 0 Å². The van der Waals surface area contributed by atoms with Crippen LogP contribution < -0.4 is 32.3 Å². The quantitative estimate of drug-likeness (QED) is 0.0742. The monoisotopic (exact) mass is 626 g/mol. The highest BCUT2D eigenvalue weighted by atomic mass is 16.2. The minimum absolute atomic E-state index is 0.0178. The second-order valence-electron chi connectivity index (χ2n) is 10.6. The average molecular weight is 627 g/mol. The first-order chi connectivity index (χ1) is 21.4. The number of hydrogen-bond acceptors (Lipinski definition) is 9. The third-order valence-electron chi connectivity index (χ3n) is 6.61. The molecule has 18 nitrogen and oxygen atoms in total. The standard InChI is InChI=1S/C27H38N12O6/c1-14(2)23(39-26(44)21(36-15(3)40)6-18-9-31-13-35-18)27(45)38-20(5-17-8-30-12-34-17)25(43)32-10-22(41)37-19(24(28)42)4-16-7-29-11-33-16/h7-9,11-14,19-21,23H,4-6,10H2,1-3H3,(H2,28,42)(H,29,33)(H,30,34)(H,31,35)(H,32,43)(H,36,40)(H,37,41)(H,38,45)(H,39,44)/t19-,20-,21-,23-/m0/s1. The van der Waals surface area contributed by atoms with Crippen LogP contribution in [0.15, 0.2) is 37.6 Å². The van der Waals surface area contributed by atoms with Crippen molar-refractivity contribution < 1.29 is 28.8 Å². The number of nitrogens with one attached hydrogen (secondary N) is 8. The highest BCUT2D eigenvalue weighted by molar-refractivity contribution is 5.95. The van der Waals surface area contributed by atoms with E-state index < -0.39 is 72.1 Å². The summed E-state index contributed by atoms with van der Waals surface area (Å²) in [5.41, 5.74) is 7.10. The van der Waals surface area contributed by atoms with E-state index in [1.54, 1.807) is 13.8 Å². The summed E-state index contributed by atoms with van der Waals surface area (Å²) in [6, 6.07) is -4.33. The van der Waals surface area contributed by atoms with E-state index in [2.05, 4.69) is 56.5 Å². The fraction of sp³-hybridized carbons (Fsp3) is 0.444. The van der Waals surface area contributed by atoms with Gasteiger partial charge in [0.2, 0.25) is 35.4 Å². The number of aromatic amines is 3. The third kappa shape index (κ3) is 10.9. The van der Waals surface area contributed by atoms with Gasteiger partial charge in [-0.3, -0.25) is 28.8 Å². The van der Waals surface area contributed by atoms with Crippen molar-refractivity contribution in [1.29, 1.82) is 0 Å². The summed E-state index contributed by atoms with van der Waals surface area (Å²) >= 11 is 0. The molecule has 0 aromatic carbocycles. The van der Waals surface area contributed by atoms with Crippen LogP contribution in [0.5, 0.6) is 0 Å². The molecule has 0 aliphatic heterocycles. The molecule has 0 aliphatic rings. The molecular weight excluding hydrogens is 588 g/mol. The molecule has 0 radical (unpaired) electrons. The number of aromatic nitrogens is 6. The Morgan fingerprint density at radius 3 is 1.60 bits per heavy atom. The number of imidazole rings is 3. The molecule has 4 atom stereocenters. The summed E-state index contributed by atoms with van der Waals surface area (Å²) in [6.45, 7) is 4.17. The average Bonchev–Trinajstić information content (AvgIpc) is 3.78. The molecule has 3 aromatic rings. The molecule has 0 saturated carbocycles. The van der Waals surface area contributed by atoms with Crippen LogP contribution in [0.4, 0.5) is 0 Å². The molecule has 0 bridgehead atoms. The first-order valence-electron chi connectivity index (χ1n) is 14.1. The molecule has 10 N–H and O–H groups in total. The third-order valence-corrected chi connectivity index (χ3v) is 6.61. The van der Waals surface area contributed by atoms with Gasteiger partial charge in [0, 0.05) is 61.9 Å². The zero-order chi connectivity index (χ0) is 32.9. The summed E-state index contributed by atoms with van der Waals surface area (Å²) in [4.78, 5) is 96.3. The van der Waals surface area contributed by atoms with Crippen LogP contribution in [0.3, 0.4) is 0 Å². The molecule has 0 spiro atoms. The molecular formula is C27H38N12O6. The molecule has 242 valence electrons.